The van der Waals surface area contributed by atoms with Gasteiger partial charge in [-0.3, -0.25) is 0 Å². The summed E-state index contributed by atoms with van der Waals surface area (Å²) in [4.78, 5) is 10.8. The van der Waals surface area contributed by atoms with Crippen LogP contribution in [0.2, 0.25) is 0 Å². The third kappa shape index (κ3) is 2.59. The van der Waals surface area contributed by atoms with Crippen LogP contribution in [-0.4, -0.2) is 11.1 Å². The van der Waals surface area contributed by atoms with Crippen molar-refractivity contribution < 1.29 is 9.90 Å². The average Bonchev–Trinajstić information content (AvgIpc) is 2.15. The van der Waals surface area contributed by atoms with E-state index in [2.05, 4.69) is 6.58 Å². The molecular formula is C12H12O2. The van der Waals surface area contributed by atoms with Crippen LogP contribution in [0.25, 0.3) is 6.08 Å². The van der Waals surface area contributed by atoms with Crippen molar-refractivity contribution >= 4 is 12.0 Å². The molecule has 1 rings (SSSR count). The molecule has 1 aromatic rings. The van der Waals surface area contributed by atoms with E-state index in [4.69, 9.17) is 5.11 Å². The summed E-state index contributed by atoms with van der Waals surface area (Å²) in [5.41, 5.74) is 1.90. The Balaban J connectivity index is 3.07. The lowest BCUT2D eigenvalue weighted by Crippen LogP contribution is -1.98. The van der Waals surface area contributed by atoms with Gasteiger partial charge >= 0.3 is 5.97 Å². The number of hydrogen-bond donors (Lipinski definition) is 1. The van der Waals surface area contributed by atoms with E-state index in [1.54, 1.807) is 30.4 Å². The van der Waals surface area contributed by atoms with Crippen LogP contribution in [0, 0.1) is 0 Å². The molecule has 0 saturated heterocycles. The number of benzene rings is 1. The maximum atomic E-state index is 10.8. The van der Waals surface area contributed by atoms with Gasteiger partial charge in [0.1, 0.15) is 0 Å². The minimum Gasteiger partial charge on any atom is -0.478 e. The monoisotopic (exact) mass is 188 g/mol. The molecule has 2 heteroatoms. The lowest BCUT2D eigenvalue weighted by Gasteiger charge is -1.99. The van der Waals surface area contributed by atoms with E-state index in [-0.39, 0.29) is 0 Å². The maximum Gasteiger partial charge on any atom is 0.336 e. The van der Waals surface area contributed by atoms with Gasteiger partial charge in [0.25, 0.3) is 0 Å². The molecule has 1 aromatic carbocycles. The highest BCUT2D eigenvalue weighted by molar-refractivity contribution is 5.92. The largest absolute Gasteiger partial charge is 0.478 e. The van der Waals surface area contributed by atoms with Crippen molar-refractivity contribution in [3.63, 3.8) is 0 Å². The minimum atomic E-state index is -0.910. The van der Waals surface area contributed by atoms with Crippen molar-refractivity contribution in [2.75, 3.05) is 0 Å². The Morgan fingerprint density at radius 2 is 2.07 bits per heavy atom. The third-order valence-electron chi connectivity index (χ3n) is 1.74. The lowest BCUT2D eigenvalue weighted by molar-refractivity contribution is 0.0696. The Morgan fingerprint density at radius 3 is 2.64 bits per heavy atom. The maximum absolute atomic E-state index is 10.8. The Labute approximate surface area is 83.2 Å². The van der Waals surface area contributed by atoms with E-state index >= 15 is 0 Å². The summed E-state index contributed by atoms with van der Waals surface area (Å²) < 4.78 is 0. The summed E-state index contributed by atoms with van der Waals surface area (Å²) in [7, 11) is 0. The number of carboxylic acids is 1. The molecule has 0 unspecified atom stereocenters. The summed E-state index contributed by atoms with van der Waals surface area (Å²) in [6, 6.07) is 6.87. The Kier molecular flexibility index (Phi) is 3.24. The van der Waals surface area contributed by atoms with Gasteiger partial charge < -0.3 is 5.11 Å². The zero-order valence-electron chi connectivity index (χ0n) is 8.03. The quantitative estimate of drug-likeness (QED) is 0.740. The molecule has 0 saturated carbocycles. The van der Waals surface area contributed by atoms with Gasteiger partial charge in [0.05, 0.1) is 5.56 Å². The van der Waals surface area contributed by atoms with Crippen molar-refractivity contribution in [1.82, 2.24) is 0 Å². The average molecular weight is 188 g/mol. The summed E-state index contributed by atoms with van der Waals surface area (Å²) >= 11 is 0. The van der Waals surface area contributed by atoms with Crippen molar-refractivity contribution in [3.05, 3.63) is 53.6 Å². The summed E-state index contributed by atoms with van der Waals surface area (Å²) in [5.74, 6) is -0.910. The molecule has 0 aromatic heterocycles. The Bertz CT molecular complexity index is 389. The van der Waals surface area contributed by atoms with Crippen LogP contribution in [0.4, 0.5) is 0 Å². The van der Waals surface area contributed by atoms with Crippen LogP contribution in [-0.2, 0) is 0 Å². The van der Waals surface area contributed by atoms with E-state index in [1.165, 1.54) is 0 Å². The van der Waals surface area contributed by atoms with Crippen LogP contribution in [0.1, 0.15) is 22.8 Å². The summed E-state index contributed by atoms with van der Waals surface area (Å²) in [6.45, 7) is 5.57. The first kappa shape index (κ1) is 10.3. The van der Waals surface area contributed by atoms with E-state index in [1.807, 2.05) is 13.0 Å². The van der Waals surface area contributed by atoms with Gasteiger partial charge in [-0.15, -0.1) is 0 Å². The third-order valence-corrected chi connectivity index (χ3v) is 1.74. The molecule has 2 nitrogen and oxygen atoms in total. The van der Waals surface area contributed by atoms with Gasteiger partial charge in [0.2, 0.25) is 0 Å². The summed E-state index contributed by atoms with van der Waals surface area (Å²) in [6.07, 6.45) is 3.55. The van der Waals surface area contributed by atoms with Gasteiger partial charge in [-0.05, 0) is 18.6 Å². The van der Waals surface area contributed by atoms with Crippen LogP contribution in [0.5, 0.6) is 0 Å². The fourth-order valence-electron chi connectivity index (χ4n) is 1.07. The first-order valence-electron chi connectivity index (χ1n) is 4.27. The fraction of sp³-hybridized carbons (Fsp3) is 0.0833. The van der Waals surface area contributed by atoms with Gasteiger partial charge in [-0.2, -0.15) is 0 Å². The smallest absolute Gasteiger partial charge is 0.336 e. The molecule has 0 aliphatic heterocycles. The summed E-state index contributed by atoms with van der Waals surface area (Å²) in [5, 5.41) is 8.87. The number of rotatable bonds is 3. The van der Waals surface area contributed by atoms with Crippen molar-refractivity contribution in [3.8, 4) is 0 Å². The second-order valence-corrected chi connectivity index (χ2v) is 3.07. The second-order valence-electron chi connectivity index (χ2n) is 3.07. The Morgan fingerprint density at radius 1 is 1.43 bits per heavy atom. The molecule has 0 spiro atoms. The minimum absolute atomic E-state index is 0.310. The van der Waals surface area contributed by atoms with Crippen molar-refractivity contribution in [2.45, 2.75) is 6.92 Å². The van der Waals surface area contributed by atoms with Gasteiger partial charge in [-0.1, -0.05) is 42.5 Å². The molecule has 0 amide bonds. The molecule has 0 bridgehead atoms. The van der Waals surface area contributed by atoms with Gasteiger partial charge in [0.15, 0.2) is 0 Å². The standard InChI is InChI=1S/C12H12O2/c1-9(2)7-8-10-5-3-4-6-11(10)12(13)14/h3-8H,1H2,2H3,(H,13,14). The second kappa shape index (κ2) is 4.42. The normalized spacial score (nSPS) is 10.4. The van der Waals surface area contributed by atoms with Gasteiger partial charge in [-0.25, -0.2) is 4.79 Å². The predicted octanol–water partition coefficient (Wildman–Crippen LogP) is 2.97. The number of hydrogen-bond acceptors (Lipinski definition) is 1. The number of carboxylic acid groups (broad SMARTS) is 1. The SMILES string of the molecule is C=C(C)C=Cc1ccccc1C(=O)O. The van der Waals surface area contributed by atoms with Crippen LogP contribution in [0.3, 0.4) is 0 Å². The molecule has 14 heavy (non-hydrogen) atoms. The highest BCUT2D eigenvalue weighted by Crippen LogP contribution is 2.11. The van der Waals surface area contributed by atoms with E-state index < -0.39 is 5.97 Å². The predicted molar refractivity (Wildman–Crippen MR) is 57.2 cm³/mol. The zero-order valence-corrected chi connectivity index (χ0v) is 8.03. The zero-order chi connectivity index (χ0) is 10.6. The molecular weight excluding hydrogens is 176 g/mol. The molecule has 0 heterocycles. The van der Waals surface area contributed by atoms with E-state index in [9.17, 15) is 4.79 Å². The topological polar surface area (TPSA) is 37.3 Å². The molecule has 0 aliphatic rings. The van der Waals surface area contributed by atoms with Crippen LogP contribution >= 0.6 is 0 Å². The first-order valence-corrected chi connectivity index (χ1v) is 4.27. The highest BCUT2D eigenvalue weighted by atomic mass is 16.4. The number of aromatic carboxylic acids is 1. The van der Waals surface area contributed by atoms with Gasteiger partial charge in [0, 0.05) is 0 Å². The number of allylic oxidation sites excluding steroid dienone is 2. The van der Waals surface area contributed by atoms with Crippen molar-refractivity contribution in [1.29, 1.82) is 0 Å². The first-order chi connectivity index (χ1) is 6.61. The van der Waals surface area contributed by atoms with Crippen LogP contribution in [0.15, 0.2) is 42.5 Å². The highest BCUT2D eigenvalue weighted by Gasteiger charge is 2.05. The molecule has 0 radical (unpaired) electrons. The van der Waals surface area contributed by atoms with E-state index in [0.717, 1.165) is 5.57 Å². The molecule has 1 N–H and O–H groups in total. The molecule has 72 valence electrons. The molecule has 0 aliphatic carbocycles. The molecule has 0 fully saturated rings. The Hall–Kier alpha value is -1.83. The lowest BCUT2D eigenvalue weighted by atomic mass is 10.1. The van der Waals surface area contributed by atoms with Crippen molar-refractivity contribution in [2.24, 2.45) is 0 Å². The van der Waals surface area contributed by atoms with Crippen LogP contribution < -0.4 is 0 Å². The molecule has 0 atom stereocenters. The number of carbonyl (C=O) groups is 1. The van der Waals surface area contributed by atoms with E-state index in [0.29, 0.717) is 11.1 Å². The fourth-order valence-corrected chi connectivity index (χ4v) is 1.07.